The number of nitrogens with zero attached hydrogens (tertiary/aromatic N) is 1. The predicted octanol–water partition coefficient (Wildman–Crippen LogP) is 1.18. The van der Waals surface area contributed by atoms with Gasteiger partial charge in [-0.25, -0.2) is 0 Å². The highest BCUT2D eigenvalue weighted by Crippen LogP contribution is 2.14. The number of halogens is 1. The first-order valence-corrected chi connectivity index (χ1v) is 3.61. The van der Waals surface area contributed by atoms with Gasteiger partial charge in [-0.15, -0.1) is 11.6 Å². The Hall–Kier alpha value is 0.250. The fourth-order valence-corrected chi connectivity index (χ4v) is 1.40. The van der Waals surface area contributed by atoms with Crippen LogP contribution in [0.15, 0.2) is 0 Å². The Balaban J connectivity index is 2.22. The molecule has 2 heteroatoms. The number of likely N-dealkylation sites (tertiary alicyclic amines) is 1. The summed E-state index contributed by atoms with van der Waals surface area (Å²) in [7, 11) is 2.15. The SMILES string of the molecule is CN1CCC(CCl)C1. The van der Waals surface area contributed by atoms with Gasteiger partial charge in [0.15, 0.2) is 0 Å². The van der Waals surface area contributed by atoms with Gasteiger partial charge in [0.05, 0.1) is 0 Å². The third-order valence-electron chi connectivity index (χ3n) is 1.71. The molecule has 0 aliphatic carbocycles. The molecule has 0 aromatic rings. The highest BCUT2D eigenvalue weighted by molar-refractivity contribution is 6.18. The minimum atomic E-state index is 0.765. The molecule has 1 fully saturated rings. The smallest absolute Gasteiger partial charge is 0.0264 e. The molecule has 0 spiro atoms. The Bertz CT molecular complexity index is 74.9. The summed E-state index contributed by atoms with van der Waals surface area (Å²) in [5.74, 6) is 1.60. The van der Waals surface area contributed by atoms with Gasteiger partial charge in [-0.1, -0.05) is 0 Å². The van der Waals surface area contributed by atoms with Gasteiger partial charge in [0.2, 0.25) is 0 Å². The summed E-state index contributed by atoms with van der Waals surface area (Å²) in [5, 5.41) is 0. The van der Waals surface area contributed by atoms with Gasteiger partial charge in [-0.05, 0) is 25.9 Å². The first kappa shape index (κ1) is 6.37. The van der Waals surface area contributed by atoms with Crippen LogP contribution in [-0.4, -0.2) is 30.9 Å². The van der Waals surface area contributed by atoms with Crippen molar-refractivity contribution in [3.05, 3.63) is 0 Å². The lowest BCUT2D eigenvalue weighted by molar-refractivity contribution is 0.402. The minimum Gasteiger partial charge on any atom is -0.306 e. The fourth-order valence-electron chi connectivity index (χ4n) is 1.15. The fraction of sp³-hybridized carbons (Fsp3) is 1.00. The Morgan fingerprint density at radius 3 is 2.75 bits per heavy atom. The molecule has 0 N–H and O–H groups in total. The maximum Gasteiger partial charge on any atom is 0.0264 e. The molecule has 1 saturated heterocycles. The van der Waals surface area contributed by atoms with Crippen molar-refractivity contribution < 1.29 is 0 Å². The lowest BCUT2D eigenvalue weighted by Crippen LogP contribution is -2.14. The highest BCUT2D eigenvalue weighted by atomic mass is 35.5. The Morgan fingerprint density at radius 1 is 1.75 bits per heavy atom. The molecule has 1 nitrogen and oxygen atoms in total. The normalized spacial score (nSPS) is 31.5. The van der Waals surface area contributed by atoms with E-state index in [9.17, 15) is 0 Å². The van der Waals surface area contributed by atoms with Crippen LogP contribution in [0.25, 0.3) is 0 Å². The van der Waals surface area contributed by atoms with Gasteiger partial charge >= 0.3 is 0 Å². The molecule has 0 bridgehead atoms. The van der Waals surface area contributed by atoms with Crippen molar-refractivity contribution in [2.45, 2.75) is 6.42 Å². The maximum atomic E-state index is 5.65. The first-order chi connectivity index (χ1) is 3.83. The summed E-state index contributed by atoms with van der Waals surface area (Å²) < 4.78 is 0. The van der Waals surface area contributed by atoms with Crippen LogP contribution in [0.1, 0.15) is 6.42 Å². The van der Waals surface area contributed by atoms with E-state index in [-0.39, 0.29) is 0 Å². The third-order valence-corrected chi connectivity index (χ3v) is 2.14. The van der Waals surface area contributed by atoms with Gasteiger partial charge in [0, 0.05) is 12.4 Å². The Labute approximate surface area is 55.6 Å². The maximum absolute atomic E-state index is 5.65. The first-order valence-electron chi connectivity index (χ1n) is 3.07. The summed E-state index contributed by atoms with van der Waals surface area (Å²) in [6, 6.07) is 0. The summed E-state index contributed by atoms with van der Waals surface area (Å²) in [6.45, 7) is 2.43. The van der Waals surface area contributed by atoms with E-state index in [1.165, 1.54) is 19.5 Å². The van der Waals surface area contributed by atoms with Gasteiger partial charge in [0.25, 0.3) is 0 Å². The summed E-state index contributed by atoms with van der Waals surface area (Å²) in [5.41, 5.74) is 0. The number of hydrogen-bond donors (Lipinski definition) is 0. The number of hydrogen-bond acceptors (Lipinski definition) is 1. The monoisotopic (exact) mass is 133 g/mol. The zero-order valence-corrected chi connectivity index (χ0v) is 5.99. The zero-order valence-electron chi connectivity index (χ0n) is 5.23. The molecule has 1 heterocycles. The van der Waals surface area contributed by atoms with Gasteiger partial charge in [-0.2, -0.15) is 0 Å². The lowest BCUT2D eigenvalue weighted by Gasteiger charge is -2.05. The van der Waals surface area contributed by atoms with E-state index >= 15 is 0 Å². The minimum absolute atomic E-state index is 0.765. The predicted molar refractivity (Wildman–Crippen MR) is 36.3 cm³/mol. The Kier molecular flexibility index (Phi) is 2.15. The van der Waals surface area contributed by atoms with E-state index in [1.54, 1.807) is 0 Å². The van der Waals surface area contributed by atoms with Crippen molar-refractivity contribution in [3.63, 3.8) is 0 Å². The van der Waals surface area contributed by atoms with Crippen LogP contribution in [0.2, 0.25) is 0 Å². The van der Waals surface area contributed by atoms with E-state index in [1.807, 2.05) is 0 Å². The average Bonchev–Trinajstić information content (AvgIpc) is 2.14. The zero-order chi connectivity index (χ0) is 5.98. The quantitative estimate of drug-likeness (QED) is 0.486. The molecular formula is C6H12ClN. The highest BCUT2D eigenvalue weighted by Gasteiger charge is 2.17. The molecule has 0 amide bonds. The molecule has 0 saturated carbocycles. The Morgan fingerprint density at radius 2 is 2.50 bits per heavy atom. The second-order valence-electron chi connectivity index (χ2n) is 2.57. The van der Waals surface area contributed by atoms with Crippen LogP contribution in [0.3, 0.4) is 0 Å². The topological polar surface area (TPSA) is 3.24 Å². The van der Waals surface area contributed by atoms with Crippen LogP contribution >= 0.6 is 11.6 Å². The van der Waals surface area contributed by atoms with Gasteiger partial charge in [-0.3, -0.25) is 0 Å². The third kappa shape index (κ3) is 1.36. The van der Waals surface area contributed by atoms with Crippen molar-refractivity contribution in [2.24, 2.45) is 5.92 Å². The van der Waals surface area contributed by atoms with Crippen molar-refractivity contribution in [2.75, 3.05) is 26.0 Å². The molecule has 0 aromatic carbocycles. The molecule has 1 atom stereocenters. The molecule has 1 rings (SSSR count). The number of alkyl halides is 1. The van der Waals surface area contributed by atoms with Gasteiger partial charge in [0.1, 0.15) is 0 Å². The van der Waals surface area contributed by atoms with Crippen molar-refractivity contribution in [1.82, 2.24) is 4.90 Å². The standard InChI is InChI=1S/C6H12ClN/c1-8-3-2-6(4-7)5-8/h6H,2-5H2,1H3. The van der Waals surface area contributed by atoms with Crippen LogP contribution in [-0.2, 0) is 0 Å². The summed E-state index contributed by atoms with van der Waals surface area (Å²) >= 11 is 5.65. The molecule has 48 valence electrons. The number of rotatable bonds is 1. The van der Waals surface area contributed by atoms with E-state index < -0.39 is 0 Å². The van der Waals surface area contributed by atoms with E-state index in [4.69, 9.17) is 11.6 Å². The molecule has 1 aliphatic rings. The van der Waals surface area contributed by atoms with Crippen LogP contribution in [0.5, 0.6) is 0 Å². The summed E-state index contributed by atoms with van der Waals surface area (Å²) in [6.07, 6.45) is 1.29. The van der Waals surface area contributed by atoms with Gasteiger partial charge < -0.3 is 4.90 Å². The van der Waals surface area contributed by atoms with Crippen molar-refractivity contribution >= 4 is 11.6 Å². The summed E-state index contributed by atoms with van der Waals surface area (Å²) in [4.78, 5) is 2.33. The molecule has 8 heavy (non-hydrogen) atoms. The molecule has 1 unspecified atom stereocenters. The molecule has 0 aromatic heterocycles. The molecular weight excluding hydrogens is 122 g/mol. The van der Waals surface area contributed by atoms with E-state index in [0.717, 1.165) is 11.8 Å². The lowest BCUT2D eigenvalue weighted by atomic mass is 10.2. The van der Waals surface area contributed by atoms with Crippen molar-refractivity contribution in [1.29, 1.82) is 0 Å². The molecule has 0 radical (unpaired) electrons. The average molecular weight is 134 g/mol. The second-order valence-corrected chi connectivity index (χ2v) is 2.88. The van der Waals surface area contributed by atoms with E-state index in [0.29, 0.717) is 0 Å². The van der Waals surface area contributed by atoms with E-state index in [2.05, 4.69) is 11.9 Å². The van der Waals surface area contributed by atoms with Crippen LogP contribution < -0.4 is 0 Å². The molecule has 1 aliphatic heterocycles. The van der Waals surface area contributed by atoms with Crippen LogP contribution in [0.4, 0.5) is 0 Å². The largest absolute Gasteiger partial charge is 0.306 e. The van der Waals surface area contributed by atoms with Crippen molar-refractivity contribution in [3.8, 4) is 0 Å². The van der Waals surface area contributed by atoms with Crippen LogP contribution in [0, 0.1) is 5.92 Å². The second kappa shape index (κ2) is 2.70.